The van der Waals surface area contributed by atoms with Crippen molar-refractivity contribution in [3.63, 3.8) is 0 Å². The highest BCUT2D eigenvalue weighted by Crippen LogP contribution is 2.26. The van der Waals surface area contributed by atoms with E-state index in [0.29, 0.717) is 5.69 Å². The van der Waals surface area contributed by atoms with Gasteiger partial charge in [-0.25, -0.2) is 8.42 Å². The standard InChI is InChI=1S/C17H20N2O3S/c1-19(14-5-4-12-18-13-14)23(20,21)17-10-8-16(9-11-17)22-15-6-2-3-7-15/h4-5,8-13,15H,2-3,6-7H2,1H3. The lowest BCUT2D eigenvalue weighted by Gasteiger charge is -2.19. The molecule has 3 rings (SSSR count). The van der Waals surface area contributed by atoms with E-state index in [2.05, 4.69) is 4.98 Å². The van der Waals surface area contributed by atoms with Gasteiger partial charge in [0, 0.05) is 13.2 Å². The second-order valence-corrected chi connectivity index (χ2v) is 7.65. The average Bonchev–Trinajstić information content (AvgIpc) is 3.08. The van der Waals surface area contributed by atoms with Gasteiger partial charge in [0.25, 0.3) is 10.0 Å². The monoisotopic (exact) mass is 332 g/mol. The van der Waals surface area contributed by atoms with Crippen molar-refractivity contribution >= 4 is 15.7 Å². The number of rotatable bonds is 5. The normalized spacial score (nSPS) is 15.5. The van der Waals surface area contributed by atoms with Crippen molar-refractivity contribution < 1.29 is 13.2 Å². The molecule has 1 saturated carbocycles. The van der Waals surface area contributed by atoms with Crippen LogP contribution >= 0.6 is 0 Å². The maximum Gasteiger partial charge on any atom is 0.264 e. The summed E-state index contributed by atoms with van der Waals surface area (Å²) in [5.74, 6) is 0.722. The number of nitrogens with zero attached hydrogens (tertiary/aromatic N) is 2. The highest BCUT2D eigenvalue weighted by Gasteiger charge is 2.22. The number of pyridine rings is 1. The van der Waals surface area contributed by atoms with E-state index in [1.54, 1.807) is 42.6 Å². The van der Waals surface area contributed by atoms with Crippen LogP contribution in [0.15, 0.2) is 53.7 Å². The molecule has 2 aromatic rings. The van der Waals surface area contributed by atoms with Gasteiger partial charge in [-0.1, -0.05) is 0 Å². The Bertz CT molecular complexity index is 739. The summed E-state index contributed by atoms with van der Waals surface area (Å²) in [7, 11) is -2.08. The largest absolute Gasteiger partial charge is 0.490 e. The van der Waals surface area contributed by atoms with E-state index in [1.807, 2.05) is 0 Å². The van der Waals surface area contributed by atoms with Crippen LogP contribution in [0.1, 0.15) is 25.7 Å². The van der Waals surface area contributed by atoms with Gasteiger partial charge in [0.05, 0.1) is 22.9 Å². The first-order chi connectivity index (χ1) is 11.1. The molecule has 0 N–H and O–H groups in total. The molecule has 1 aliphatic rings. The average molecular weight is 332 g/mol. The molecule has 1 aromatic carbocycles. The van der Waals surface area contributed by atoms with Crippen LogP contribution in [0.4, 0.5) is 5.69 Å². The van der Waals surface area contributed by atoms with Crippen LogP contribution in [0.3, 0.4) is 0 Å². The van der Waals surface area contributed by atoms with Gasteiger partial charge in [0.2, 0.25) is 0 Å². The molecular weight excluding hydrogens is 312 g/mol. The zero-order valence-electron chi connectivity index (χ0n) is 13.1. The van der Waals surface area contributed by atoms with E-state index >= 15 is 0 Å². The fourth-order valence-electron chi connectivity index (χ4n) is 2.73. The van der Waals surface area contributed by atoms with Crippen LogP contribution in [-0.4, -0.2) is 26.6 Å². The number of benzene rings is 1. The van der Waals surface area contributed by atoms with Gasteiger partial charge in [-0.05, 0) is 62.1 Å². The van der Waals surface area contributed by atoms with Crippen LogP contribution in [0.5, 0.6) is 5.75 Å². The second-order valence-electron chi connectivity index (χ2n) is 5.68. The number of anilines is 1. The van der Waals surface area contributed by atoms with Crippen molar-refractivity contribution in [1.82, 2.24) is 4.98 Å². The molecule has 1 heterocycles. The second kappa shape index (κ2) is 6.58. The van der Waals surface area contributed by atoms with Crippen LogP contribution in [0, 0.1) is 0 Å². The van der Waals surface area contributed by atoms with Crippen LogP contribution in [-0.2, 0) is 10.0 Å². The molecule has 1 aliphatic carbocycles. The minimum Gasteiger partial charge on any atom is -0.490 e. The molecule has 5 nitrogen and oxygen atoms in total. The Kier molecular flexibility index (Phi) is 4.52. The summed E-state index contributed by atoms with van der Waals surface area (Å²) in [4.78, 5) is 4.20. The van der Waals surface area contributed by atoms with Crippen LogP contribution < -0.4 is 9.04 Å². The Morgan fingerprint density at radius 3 is 2.43 bits per heavy atom. The smallest absolute Gasteiger partial charge is 0.264 e. The summed E-state index contributed by atoms with van der Waals surface area (Å²) < 4.78 is 32.4. The number of hydrogen-bond donors (Lipinski definition) is 0. The minimum absolute atomic E-state index is 0.239. The predicted octanol–water partition coefficient (Wildman–Crippen LogP) is 3.23. The van der Waals surface area contributed by atoms with E-state index < -0.39 is 10.0 Å². The number of sulfonamides is 1. The van der Waals surface area contributed by atoms with E-state index in [1.165, 1.54) is 30.4 Å². The molecule has 0 saturated heterocycles. The zero-order chi connectivity index (χ0) is 16.3. The first kappa shape index (κ1) is 15.8. The summed E-state index contributed by atoms with van der Waals surface area (Å²) in [6, 6.07) is 10.0. The fourth-order valence-corrected chi connectivity index (χ4v) is 3.91. The van der Waals surface area contributed by atoms with Gasteiger partial charge in [-0.15, -0.1) is 0 Å². The Morgan fingerprint density at radius 2 is 1.83 bits per heavy atom. The summed E-state index contributed by atoms with van der Waals surface area (Å²) in [6.45, 7) is 0. The Hall–Kier alpha value is -2.08. The summed E-state index contributed by atoms with van der Waals surface area (Å²) in [5.41, 5.74) is 0.527. The van der Waals surface area contributed by atoms with Gasteiger partial charge < -0.3 is 4.74 Å². The third kappa shape index (κ3) is 3.47. The molecular formula is C17H20N2O3S. The molecule has 0 aliphatic heterocycles. The highest BCUT2D eigenvalue weighted by molar-refractivity contribution is 7.92. The molecule has 0 amide bonds. The molecule has 0 atom stereocenters. The van der Waals surface area contributed by atoms with Crippen molar-refractivity contribution in [2.45, 2.75) is 36.7 Å². The predicted molar refractivity (Wildman–Crippen MR) is 89.2 cm³/mol. The lowest BCUT2D eigenvalue weighted by molar-refractivity contribution is 0.210. The lowest BCUT2D eigenvalue weighted by atomic mass is 10.3. The quantitative estimate of drug-likeness (QED) is 0.843. The van der Waals surface area contributed by atoms with Gasteiger partial charge >= 0.3 is 0 Å². The molecule has 0 bridgehead atoms. The van der Waals surface area contributed by atoms with E-state index in [0.717, 1.165) is 18.6 Å². The topological polar surface area (TPSA) is 59.5 Å². The highest BCUT2D eigenvalue weighted by atomic mass is 32.2. The Morgan fingerprint density at radius 1 is 1.13 bits per heavy atom. The maximum atomic E-state index is 12.6. The van der Waals surface area contributed by atoms with E-state index in [9.17, 15) is 8.42 Å². The summed E-state index contributed by atoms with van der Waals surface area (Å²) in [6.07, 6.45) is 7.94. The summed E-state index contributed by atoms with van der Waals surface area (Å²) in [5, 5.41) is 0. The molecule has 6 heteroatoms. The van der Waals surface area contributed by atoms with Gasteiger partial charge in [-0.3, -0.25) is 9.29 Å². The third-order valence-corrected chi connectivity index (χ3v) is 5.90. The SMILES string of the molecule is CN(c1cccnc1)S(=O)(=O)c1ccc(OC2CCCC2)cc1. The number of hydrogen-bond acceptors (Lipinski definition) is 4. The van der Waals surface area contributed by atoms with Crippen molar-refractivity contribution in [3.05, 3.63) is 48.8 Å². The first-order valence-corrected chi connectivity index (χ1v) is 9.17. The van der Waals surface area contributed by atoms with Gasteiger partial charge in [0.1, 0.15) is 5.75 Å². The van der Waals surface area contributed by atoms with E-state index in [4.69, 9.17) is 4.74 Å². The molecule has 0 spiro atoms. The maximum absolute atomic E-state index is 12.6. The Labute approximate surface area is 137 Å². The molecule has 0 unspecified atom stereocenters. The van der Waals surface area contributed by atoms with Crippen molar-refractivity contribution in [2.24, 2.45) is 0 Å². The fraction of sp³-hybridized carbons (Fsp3) is 0.353. The molecule has 1 fully saturated rings. The lowest BCUT2D eigenvalue weighted by Crippen LogP contribution is -2.26. The van der Waals surface area contributed by atoms with Crippen LogP contribution in [0.25, 0.3) is 0 Å². The zero-order valence-corrected chi connectivity index (χ0v) is 13.9. The molecule has 23 heavy (non-hydrogen) atoms. The molecule has 1 aromatic heterocycles. The van der Waals surface area contributed by atoms with Gasteiger partial charge in [0.15, 0.2) is 0 Å². The Balaban J connectivity index is 1.77. The van der Waals surface area contributed by atoms with E-state index in [-0.39, 0.29) is 11.0 Å². The number of aromatic nitrogens is 1. The first-order valence-electron chi connectivity index (χ1n) is 7.73. The van der Waals surface area contributed by atoms with Crippen LogP contribution in [0.2, 0.25) is 0 Å². The van der Waals surface area contributed by atoms with Gasteiger partial charge in [-0.2, -0.15) is 0 Å². The third-order valence-electron chi connectivity index (χ3n) is 4.10. The van der Waals surface area contributed by atoms with Crippen molar-refractivity contribution in [2.75, 3.05) is 11.4 Å². The van der Waals surface area contributed by atoms with Crippen molar-refractivity contribution in [3.8, 4) is 5.75 Å². The molecule has 122 valence electrons. The summed E-state index contributed by atoms with van der Waals surface area (Å²) >= 11 is 0. The minimum atomic E-state index is -3.60. The number of ether oxygens (including phenoxy) is 1. The molecule has 0 radical (unpaired) electrons. The van der Waals surface area contributed by atoms with Crippen molar-refractivity contribution in [1.29, 1.82) is 0 Å².